The Kier molecular flexibility index (Phi) is 47.2. The highest BCUT2D eigenvalue weighted by molar-refractivity contribution is 5.70. The molecule has 0 radical (unpaired) electrons. The number of nitrogens with zero attached hydrogens (tertiary/aromatic N) is 4. The Morgan fingerprint density at radius 2 is 0.652 bits per heavy atom. The molecule has 0 aliphatic carbocycles. The van der Waals surface area contributed by atoms with Crippen LogP contribution in [0.4, 0.5) is 9.59 Å². The highest BCUT2D eigenvalue weighted by Gasteiger charge is 2.19. The molecule has 0 heterocycles. The summed E-state index contributed by atoms with van der Waals surface area (Å²) in [6.07, 6.45) is 28.9. The van der Waals surface area contributed by atoms with Crippen molar-refractivity contribution in [1.82, 2.24) is 19.6 Å². The maximum absolute atomic E-state index is 13.5. The smallest absolute Gasteiger partial charge is 0.409 e. The lowest BCUT2D eigenvalue weighted by atomic mass is 9.96. The number of rotatable bonds is 50. The van der Waals surface area contributed by atoms with Gasteiger partial charge in [0.1, 0.15) is 13.2 Å². The second-order valence-corrected chi connectivity index (χ2v) is 19.8. The van der Waals surface area contributed by atoms with Crippen LogP contribution in [0.25, 0.3) is 0 Å². The summed E-state index contributed by atoms with van der Waals surface area (Å²) in [6, 6.07) is 0. The predicted octanol–water partition coefficient (Wildman–Crippen LogP) is 14.3. The summed E-state index contributed by atoms with van der Waals surface area (Å²) >= 11 is 0. The topological polar surface area (TPSA) is 118 Å². The first-order valence-corrected chi connectivity index (χ1v) is 29.2. The minimum atomic E-state index is -0.310. The molecular weight excluding hydrogens is 869 g/mol. The molecule has 0 aliphatic rings. The van der Waals surface area contributed by atoms with Gasteiger partial charge in [0.2, 0.25) is 0 Å². The van der Waals surface area contributed by atoms with E-state index >= 15 is 0 Å². The third-order valence-corrected chi connectivity index (χ3v) is 13.6. The van der Waals surface area contributed by atoms with Gasteiger partial charge in [-0.1, -0.05) is 158 Å². The average molecular weight is 982 g/mol. The molecule has 408 valence electrons. The zero-order valence-corrected chi connectivity index (χ0v) is 46.6. The third kappa shape index (κ3) is 39.7. The number of esters is 2. The van der Waals surface area contributed by atoms with Crippen LogP contribution < -0.4 is 0 Å². The molecule has 0 rings (SSSR count). The lowest BCUT2D eigenvalue weighted by Gasteiger charge is -2.27. The standard InChI is InChI=1S/C57H112N4O8/c1-9-17-23-34-52(35-24-18-10-2)50-68-54(62)38-27-31-44-60(42-29-21-13-5)56(64)66-48-46-59(41-33-40-58(15-7)16-8)47-49-67-57(65)61(43-30-22-14-6)45-32-28-39-55(63)69-51-53(36-25-19-11-3)37-26-20-12-4/h52-53H,9-51H2,1-8H3. The van der Waals surface area contributed by atoms with E-state index in [0.29, 0.717) is 90.0 Å². The Bertz CT molecular complexity index is 1090. The highest BCUT2D eigenvalue weighted by atomic mass is 16.6. The highest BCUT2D eigenvalue weighted by Crippen LogP contribution is 2.20. The fraction of sp³-hybridized carbons (Fsp3) is 0.930. The van der Waals surface area contributed by atoms with Gasteiger partial charge in [0, 0.05) is 52.1 Å². The van der Waals surface area contributed by atoms with Crippen molar-refractivity contribution >= 4 is 24.1 Å². The van der Waals surface area contributed by atoms with E-state index in [1.807, 2.05) is 9.80 Å². The van der Waals surface area contributed by atoms with Crippen molar-refractivity contribution in [3.8, 4) is 0 Å². The van der Waals surface area contributed by atoms with E-state index < -0.39 is 0 Å². The van der Waals surface area contributed by atoms with Gasteiger partial charge in [-0.3, -0.25) is 14.5 Å². The molecule has 0 unspecified atom stereocenters. The molecule has 12 nitrogen and oxygen atoms in total. The maximum atomic E-state index is 13.5. The molecular formula is C57H112N4O8. The van der Waals surface area contributed by atoms with Gasteiger partial charge >= 0.3 is 24.1 Å². The molecule has 0 atom stereocenters. The van der Waals surface area contributed by atoms with Crippen molar-refractivity contribution in [2.75, 3.05) is 91.9 Å². The monoisotopic (exact) mass is 981 g/mol. The summed E-state index contributed by atoms with van der Waals surface area (Å²) in [5.41, 5.74) is 0. The van der Waals surface area contributed by atoms with Crippen LogP contribution >= 0.6 is 0 Å². The molecule has 12 heteroatoms. The van der Waals surface area contributed by atoms with Crippen LogP contribution in [0.3, 0.4) is 0 Å². The van der Waals surface area contributed by atoms with E-state index in [4.69, 9.17) is 18.9 Å². The van der Waals surface area contributed by atoms with Gasteiger partial charge in [-0.15, -0.1) is 0 Å². The molecule has 0 aromatic rings. The number of hydrogen-bond acceptors (Lipinski definition) is 10. The van der Waals surface area contributed by atoms with Crippen molar-refractivity contribution in [3.63, 3.8) is 0 Å². The van der Waals surface area contributed by atoms with Crippen LogP contribution in [-0.4, -0.2) is 136 Å². The molecule has 0 saturated carbocycles. The molecule has 0 saturated heterocycles. The molecule has 0 aromatic carbocycles. The quantitative estimate of drug-likeness (QED) is 0.0331. The van der Waals surface area contributed by atoms with E-state index in [0.717, 1.165) is 110 Å². The maximum Gasteiger partial charge on any atom is 0.409 e. The molecule has 0 spiro atoms. The number of unbranched alkanes of at least 4 members (excludes halogenated alkanes) is 14. The SMILES string of the molecule is CCCCCC(CCCCC)COC(=O)CCCCN(CCCCC)C(=O)OCCN(CCCN(CC)CC)CCOC(=O)N(CCCCC)CCCCC(=O)OCC(CCCCC)CCCCC. The lowest BCUT2D eigenvalue weighted by Crippen LogP contribution is -2.39. The molecule has 0 aliphatic heterocycles. The fourth-order valence-corrected chi connectivity index (χ4v) is 8.86. The van der Waals surface area contributed by atoms with Gasteiger partial charge in [-0.25, -0.2) is 9.59 Å². The van der Waals surface area contributed by atoms with Crippen LogP contribution in [0.2, 0.25) is 0 Å². The van der Waals surface area contributed by atoms with Crippen molar-refractivity contribution in [1.29, 1.82) is 0 Å². The molecule has 0 bridgehead atoms. The average Bonchev–Trinajstić information content (AvgIpc) is 3.34. The Hall–Kier alpha value is -2.60. The Balaban J connectivity index is 5.26. The van der Waals surface area contributed by atoms with Gasteiger partial charge in [-0.2, -0.15) is 0 Å². The van der Waals surface area contributed by atoms with Crippen molar-refractivity contribution < 1.29 is 38.1 Å². The van der Waals surface area contributed by atoms with Crippen LogP contribution in [-0.2, 0) is 28.5 Å². The van der Waals surface area contributed by atoms with Gasteiger partial charge < -0.3 is 33.6 Å². The lowest BCUT2D eigenvalue weighted by molar-refractivity contribution is -0.146. The fourth-order valence-electron chi connectivity index (χ4n) is 8.86. The van der Waals surface area contributed by atoms with Gasteiger partial charge in [0.15, 0.2) is 0 Å². The summed E-state index contributed by atoms with van der Waals surface area (Å²) in [5, 5.41) is 0. The first-order chi connectivity index (χ1) is 33.6. The number of hydrogen-bond donors (Lipinski definition) is 0. The number of carbonyl (C=O) groups excluding carboxylic acids is 4. The Labute approximate surface area is 425 Å². The zero-order valence-electron chi connectivity index (χ0n) is 46.6. The summed E-state index contributed by atoms with van der Waals surface area (Å²) in [5.74, 6) is 0.629. The molecule has 0 fully saturated rings. The molecule has 2 amide bonds. The van der Waals surface area contributed by atoms with E-state index in [1.54, 1.807) is 0 Å². The third-order valence-electron chi connectivity index (χ3n) is 13.6. The van der Waals surface area contributed by atoms with E-state index in [1.165, 1.54) is 77.0 Å². The summed E-state index contributed by atoms with van der Waals surface area (Å²) in [6.45, 7) is 26.3. The molecule has 0 aromatic heterocycles. The second-order valence-electron chi connectivity index (χ2n) is 19.8. The van der Waals surface area contributed by atoms with Crippen LogP contribution in [0.5, 0.6) is 0 Å². The van der Waals surface area contributed by atoms with Gasteiger partial charge in [0.05, 0.1) is 13.2 Å². The van der Waals surface area contributed by atoms with Crippen LogP contribution in [0, 0.1) is 11.8 Å². The first-order valence-electron chi connectivity index (χ1n) is 29.2. The predicted molar refractivity (Wildman–Crippen MR) is 287 cm³/mol. The summed E-state index contributed by atoms with van der Waals surface area (Å²) in [7, 11) is 0. The van der Waals surface area contributed by atoms with Crippen molar-refractivity contribution in [3.05, 3.63) is 0 Å². The summed E-state index contributed by atoms with van der Waals surface area (Å²) < 4.78 is 23.4. The van der Waals surface area contributed by atoms with E-state index in [2.05, 4.69) is 65.2 Å². The van der Waals surface area contributed by atoms with Gasteiger partial charge in [-0.05, 0) is 109 Å². The van der Waals surface area contributed by atoms with Crippen molar-refractivity contribution in [2.45, 2.75) is 242 Å². The van der Waals surface area contributed by atoms with E-state index in [9.17, 15) is 19.2 Å². The van der Waals surface area contributed by atoms with Crippen LogP contribution in [0.15, 0.2) is 0 Å². The van der Waals surface area contributed by atoms with Crippen molar-refractivity contribution in [2.24, 2.45) is 11.8 Å². The van der Waals surface area contributed by atoms with Crippen LogP contribution in [0.1, 0.15) is 242 Å². The molecule has 69 heavy (non-hydrogen) atoms. The Morgan fingerprint density at radius 3 is 0.986 bits per heavy atom. The number of carbonyl (C=O) groups is 4. The van der Waals surface area contributed by atoms with Gasteiger partial charge in [0.25, 0.3) is 0 Å². The zero-order chi connectivity index (χ0) is 51.0. The minimum absolute atomic E-state index is 0.134. The normalized spacial score (nSPS) is 11.5. The molecule has 0 N–H and O–H groups in total. The number of amides is 2. The minimum Gasteiger partial charge on any atom is -0.465 e. The second kappa shape index (κ2) is 49.0. The first kappa shape index (κ1) is 66.4. The largest absolute Gasteiger partial charge is 0.465 e. The Morgan fingerprint density at radius 1 is 0.333 bits per heavy atom. The van der Waals surface area contributed by atoms with E-state index in [-0.39, 0.29) is 37.3 Å². The number of ether oxygens (including phenoxy) is 4. The summed E-state index contributed by atoms with van der Waals surface area (Å²) in [4.78, 5) is 60.7.